The van der Waals surface area contributed by atoms with Crippen LogP contribution >= 0.6 is 0 Å². The first-order chi connectivity index (χ1) is 9.33. The van der Waals surface area contributed by atoms with Crippen molar-refractivity contribution in [3.8, 4) is 0 Å². The molecule has 1 aliphatic heterocycles. The molecule has 0 bridgehead atoms. The van der Waals surface area contributed by atoms with E-state index in [-0.39, 0.29) is 12.6 Å². The lowest BCUT2D eigenvalue weighted by atomic mass is 10.3. The zero-order valence-corrected chi connectivity index (χ0v) is 11.7. The minimum absolute atomic E-state index is 0.189. The zero-order valence-electron chi connectivity index (χ0n) is 11.7. The van der Waals surface area contributed by atoms with Gasteiger partial charge in [0.1, 0.15) is 12.1 Å². The number of unbranched alkanes of at least 4 members (excludes halogenated alkanes) is 1. The average Bonchev–Trinajstić information content (AvgIpc) is 2.71. The lowest BCUT2D eigenvalue weighted by Gasteiger charge is -2.27. The number of aldehydes is 1. The van der Waals surface area contributed by atoms with Gasteiger partial charge in [0, 0.05) is 33.6 Å². The highest BCUT2D eigenvalue weighted by Crippen LogP contribution is 2.15. The normalized spacial score (nSPS) is 19.1. The van der Waals surface area contributed by atoms with Gasteiger partial charge in [-0.3, -0.25) is 5.01 Å². The summed E-state index contributed by atoms with van der Waals surface area (Å²) in [4.78, 5) is 12.2. The lowest BCUT2D eigenvalue weighted by Crippen LogP contribution is -2.45. The van der Waals surface area contributed by atoms with Gasteiger partial charge in [0.05, 0.1) is 12.6 Å². The van der Waals surface area contributed by atoms with Crippen LogP contribution in [0.25, 0.3) is 0 Å². The predicted molar refractivity (Wildman–Crippen MR) is 69.6 cm³/mol. The van der Waals surface area contributed by atoms with Gasteiger partial charge in [-0.15, -0.1) is 0 Å². The maximum absolute atomic E-state index is 12.1. The second kappa shape index (κ2) is 7.49. The van der Waals surface area contributed by atoms with E-state index in [2.05, 4.69) is 10.7 Å². The average molecular weight is 294 g/mol. The number of rotatable bonds is 8. The second-order valence-electron chi connectivity index (χ2n) is 4.86. The van der Waals surface area contributed by atoms with Crippen molar-refractivity contribution in [2.45, 2.75) is 25.1 Å². The second-order valence-corrected chi connectivity index (χ2v) is 4.86. The third kappa shape index (κ3) is 5.79. The summed E-state index contributed by atoms with van der Waals surface area (Å²) in [6.45, 7) is -0.166. The smallest absolute Gasteiger partial charge is 0.364 e. The first kappa shape index (κ1) is 16.8. The predicted octanol–water partition coefficient (Wildman–Crippen LogP) is 0.709. The maximum atomic E-state index is 12.1. The van der Waals surface area contributed by atoms with E-state index < -0.39 is 12.7 Å². The fourth-order valence-electron chi connectivity index (χ4n) is 1.95. The van der Waals surface area contributed by atoms with E-state index in [1.54, 1.807) is 0 Å². The molecule has 5 nitrogen and oxygen atoms in total. The molecule has 1 heterocycles. The molecule has 0 aromatic carbocycles. The zero-order chi connectivity index (χ0) is 15.2. The summed E-state index contributed by atoms with van der Waals surface area (Å²) >= 11 is 0. The van der Waals surface area contributed by atoms with Crippen LogP contribution < -0.4 is 10.7 Å². The highest BCUT2D eigenvalue weighted by atomic mass is 19.4. The van der Waals surface area contributed by atoms with Gasteiger partial charge < -0.3 is 15.0 Å². The molecule has 0 spiro atoms. The standard InChI is InChI=1S/C12H21F3N4O/c1-18(2)11-7-10(8-16-9-12(13,14)15)17-19(11)5-3-4-6-20/h6-7,10,16-17H,3-5,8-9H2,1-2H3. The molecule has 0 amide bonds. The summed E-state index contributed by atoms with van der Waals surface area (Å²) in [6.07, 6.45) is -0.293. The Morgan fingerprint density at radius 1 is 1.50 bits per heavy atom. The van der Waals surface area contributed by atoms with Crippen molar-refractivity contribution >= 4 is 6.29 Å². The monoisotopic (exact) mass is 294 g/mol. The number of alkyl halides is 3. The Bertz CT molecular complexity index is 344. The molecule has 116 valence electrons. The molecule has 0 saturated heterocycles. The van der Waals surface area contributed by atoms with E-state index in [0.29, 0.717) is 19.4 Å². The number of hydrazine groups is 1. The Balaban J connectivity index is 2.44. The van der Waals surface area contributed by atoms with E-state index in [1.165, 1.54) is 0 Å². The highest BCUT2D eigenvalue weighted by Gasteiger charge is 2.28. The molecule has 1 atom stereocenters. The molecule has 1 aliphatic rings. The molecule has 1 unspecified atom stereocenters. The molecule has 2 N–H and O–H groups in total. The van der Waals surface area contributed by atoms with Crippen LogP contribution in [0.3, 0.4) is 0 Å². The number of carbonyl (C=O) groups excluding carboxylic acids is 1. The maximum Gasteiger partial charge on any atom is 0.401 e. The SMILES string of the molecule is CN(C)C1=CC(CNCC(F)(F)F)NN1CCCC=O. The lowest BCUT2D eigenvalue weighted by molar-refractivity contribution is -0.124. The molecule has 0 aromatic rings. The van der Waals surface area contributed by atoms with Gasteiger partial charge in [0.2, 0.25) is 0 Å². The van der Waals surface area contributed by atoms with Crippen molar-refractivity contribution in [2.75, 3.05) is 33.7 Å². The number of halogens is 3. The van der Waals surface area contributed by atoms with Crippen LogP contribution in [0.1, 0.15) is 12.8 Å². The minimum Gasteiger partial charge on any atom is -0.364 e. The van der Waals surface area contributed by atoms with Gasteiger partial charge in [-0.05, 0) is 12.5 Å². The fourth-order valence-corrected chi connectivity index (χ4v) is 1.95. The molecular weight excluding hydrogens is 273 g/mol. The molecule has 0 aromatic heterocycles. The first-order valence-electron chi connectivity index (χ1n) is 6.47. The van der Waals surface area contributed by atoms with E-state index in [0.717, 1.165) is 12.1 Å². The van der Waals surface area contributed by atoms with Gasteiger partial charge in [-0.25, -0.2) is 5.43 Å². The summed E-state index contributed by atoms with van der Waals surface area (Å²) in [5.74, 6) is 0.898. The van der Waals surface area contributed by atoms with Crippen LogP contribution in [0.2, 0.25) is 0 Å². The van der Waals surface area contributed by atoms with Crippen LogP contribution in [-0.4, -0.2) is 62.1 Å². The van der Waals surface area contributed by atoms with Gasteiger partial charge in [0.25, 0.3) is 0 Å². The molecular formula is C12H21F3N4O. The van der Waals surface area contributed by atoms with E-state index in [4.69, 9.17) is 0 Å². The molecule has 0 radical (unpaired) electrons. The van der Waals surface area contributed by atoms with Crippen molar-refractivity contribution in [2.24, 2.45) is 0 Å². The summed E-state index contributed by atoms with van der Waals surface area (Å²) in [6, 6.07) is -0.189. The highest BCUT2D eigenvalue weighted by molar-refractivity contribution is 5.49. The van der Waals surface area contributed by atoms with E-state index >= 15 is 0 Å². The van der Waals surface area contributed by atoms with Gasteiger partial charge in [-0.1, -0.05) is 0 Å². The molecule has 8 heteroatoms. The molecule has 0 saturated carbocycles. The van der Waals surface area contributed by atoms with Crippen LogP contribution in [0, 0.1) is 0 Å². The Morgan fingerprint density at radius 3 is 2.75 bits per heavy atom. The number of nitrogens with zero attached hydrogens (tertiary/aromatic N) is 2. The van der Waals surface area contributed by atoms with Crippen molar-refractivity contribution in [3.63, 3.8) is 0 Å². The molecule has 0 fully saturated rings. The third-order valence-corrected chi connectivity index (χ3v) is 2.80. The van der Waals surface area contributed by atoms with Crippen LogP contribution in [0.5, 0.6) is 0 Å². The van der Waals surface area contributed by atoms with Gasteiger partial charge >= 0.3 is 6.18 Å². The number of nitrogens with one attached hydrogen (secondary N) is 2. The fraction of sp³-hybridized carbons (Fsp3) is 0.750. The summed E-state index contributed by atoms with van der Waals surface area (Å²) in [5, 5.41) is 4.25. The number of hydrogen-bond acceptors (Lipinski definition) is 5. The van der Waals surface area contributed by atoms with Crippen molar-refractivity contribution in [1.29, 1.82) is 0 Å². The Labute approximate surface area is 116 Å². The number of hydrogen-bond donors (Lipinski definition) is 2. The number of carbonyl (C=O) groups is 1. The van der Waals surface area contributed by atoms with Crippen molar-refractivity contribution in [1.82, 2.24) is 20.7 Å². The Kier molecular flexibility index (Phi) is 6.28. The van der Waals surface area contributed by atoms with Crippen molar-refractivity contribution in [3.05, 3.63) is 11.9 Å². The quantitative estimate of drug-likeness (QED) is 0.510. The third-order valence-electron chi connectivity index (χ3n) is 2.80. The van der Waals surface area contributed by atoms with E-state index in [9.17, 15) is 18.0 Å². The van der Waals surface area contributed by atoms with Gasteiger partial charge in [0.15, 0.2) is 0 Å². The summed E-state index contributed by atoms with van der Waals surface area (Å²) in [7, 11) is 3.73. The van der Waals surface area contributed by atoms with Crippen LogP contribution in [0.15, 0.2) is 11.9 Å². The molecule has 1 rings (SSSR count). The summed E-state index contributed by atoms with van der Waals surface area (Å²) < 4.78 is 36.2. The minimum atomic E-state index is -4.20. The first-order valence-corrected chi connectivity index (χ1v) is 6.47. The van der Waals surface area contributed by atoms with E-state index in [1.807, 2.05) is 30.1 Å². The van der Waals surface area contributed by atoms with Crippen molar-refractivity contribution < 1.29 is 18.0 Å². The Morgan fingerprint density at radius 2 is 2.20 bits per heavy atom. The Hall–Kier alpha value is -1.28. The molecule has 20 heavy (non-hydrogen) atoms. The molecule has 0 aliphatic carbocycles. The largest absolute Gasteiger partial charge is 0.401 e. The van der Waals surface area contributed by atoms with Crippen LogP contribution in [0.4, 0.5) is 13.2 Å². The topological polar surface area (TPSA) is 47.6 Å². The summed E-state index contributed by atoms with van der Waals surface area (Å²) in [5.41, 5.74) is 3.12. The van der Waals surface area contributed by atoms with Crippen LogP contribution in [-0.2, 0) is 4.79 Å². The van der Waals surface area contributed by atoms with Gasteiger partial charge in [-0.2, -0.15) is 13.2 Å².